The molecule has 0 N–H and O–H groups in total. The van der Waals surface area contributed by atoms with E-state index < -0.39 is 32.5 Å². The molecular weight excluding hydrogens is 774 g/mol. The first-order valence-corrected chi connectivity index (χ1v) is 25.5. The highest BCUT2D eigenvalue weighted by molar-refractivity contribution is 7.45. The van der Waals surface area contributed by atoms with Gasteiger partial charge < -0.3 is 27.9 Å². The van der Waals surface area contributed by atoms with E-state index in [0.29, 0.717) is 17.4 Å². The smallest absolute Gasteiger partial charge is 0.306 e. The van der Waals surface area contributed by atoms with Gasteiger partial charge >= 0.3 is 11.9 Å². The topological polar surface area (TPSA) is 111 Å². The van der Waals surface area contributed by atoms with E-state index in [0.717, 1.165) is 77.0 Å². The Morgan fingerprint density at radius 3 is 1.53 bits per heavy atom. The molecule has 2 unspecified atom stereocenters. The molecule has 0 aromatic rings. The lowest BCUT2D eigenvalue weighted by atomic mass is 10.1. The summed E-state index contributed by atoms with van der Waals surface area (Å²) in [4.78, 5) is 37.6. The number of allylic oxidation sites excluding steroid dienone is 10. The molecule has 0 amide bonds. The number of rotatable bonds is 43. The van der Waals surface area contributed by atoms with Crippen molar-refractivity contribution >= 4 is 19.8 Å². The minimum absolute atomic E-state index is 0.0391. The maximum atomic E-state index is 12.7. The molecule has 0 rings (SSSR count). The number of nitrogens with zero attached hydrogens (tertiary/aromatic N) is 1. The molecule has 0 spiro atoms. The van der Waals surface area contributed by atoms with Crippen molar-refractivity contribution in [2.45, 2.75) is 200 Å². The second-order valence-electron chi connectivity index (χ2n) is 17.2. The first-order valence-electron chi connectivity index (χ1n) is 24.0. The molecule has 0 fully saturated rings. The molecule has 348 valence electrons. The average molecular weight is 864 g/mol. The molecule has 10 heteroatoms. The largest absolute Gasteiger partial charge is 0.756 e. The Morgan fingerprint density at radius 1 is 0.550 bits per heavy atom. The van der Waals surface area contributed by atoms with Crippen LogP contribution in [-0.2, 0) is 32.7 Å². The number of hydrogen-bond donors (Lipinski definition) is 0. The highest BCUT2D eigenvalue weighted by atomic mass is 31.2. The number of ether oxygens (including phenoxy) is 2. The van der Waals surface area contributed by atoms with Crippen LogP contribution in [0.3, 0.4) is 0 Å². The lowest BCUT2D eigenvalue weighted by molar-refractivity contribution is -0.870. The van der Waals surface area contributed by atoms with E-state index in [1.807, 2.05) is 39.4 Å². The van der Waals surface area contributed by atoms with Crippen LogP contribution in [0.5, 0.6) is 0 Å². The minimum atomic E-state index is -4.64. The van der Waals surface area contributed by atoms with Crippen LogP contribution in [0.25, 0.3) is 0 Å². The first kappa shape index (κ1) is 57.7. The van der Waals surface area contributed by atoms with E-state index in [2.05, 4.69) is 56.4 Å². The van der Waals surface area contributed by atoms with Gasteiger partial charge in [-0.3, -0.25) is 14.2 Å². The zero-order valence-corrected chi connectivity index (χ0v) is 40.0. The monoisotopic (exact) mass is 864 g/mol. The molecular formula is C50H90NO8P. The number of phosphoric ester groups is 1. The van der Waals surface area contributed by atoms with Gasteiger partial charge in [0, 0.05) is 12.8 Å². The summed E-state index contributed by atoms with van der Waals surface area (Å²) in [6.45, 7) is 4.06. The fraction of sp³-hybridized carbons (Fsp3) is 0.760. The summed E-state index contributed by atoms with van der Waals surface area (Å²) in [5.74, 6) is -0.869. The summed E-state index contributed by atoms with van der Waals surface area (Å²) < 4.78 is 33.9. The van der Waals surface area contributed by atoms with Crippen molar-refractivity contribution in [3.63, 3.8) is 0 Å². The Kier molecular flexibility index (Phi) is 40.4. The van der Waals surface area contributed by atoms with Gasteiger partial charge in [-0.25, -0.2) is 0 Å². The van der Waals surface area contributed by atoms with Crippen LogP contribution in [-0.4, -0.2) is 70.0 Å². The molecule has 0 aromatic heterocycles. The molecule has 0 aliphatic heterocycles. The number of likely N-dealkylation sites (N-methyl/N-ethyl adjacent to an activating group) is 1. The van der Waals surface area contributed by atoms with E-state index in [9.17, 15) is 19.0 Å². The predicted molar refractivity (Wildman–Crippen MR) is 250 cm³/mol. The zero-order valence-electron chi connectivity index (χ0n) is 39.1. The van der Waals surface area contributed by atoms with Gasteiger partial charge in [-0.2, -0.15) is 0 Å². The summed E-state index contributed by atoms with van der Waals surface area (Å²) in [5, 5.41) is 0. The second-order valence-corrected chi connectivity index (χ2v) is 18.6. The quantitative estimate of drug-likeness (QED) is 0.0149. The SMILES string of the molecule is CC/C=C/C=C/C=C/CCCCCCCC(=O)OC(COC(=O)CCCCCCCCC/C=C/C/C=C/CCCCCCCCCCC)COP(=O)([O-])OCC[N+](C)(C)C. The lowest BCUT2D eigenvalue weighted by Gasteiger charge is -2.28. The molecule has 0 bridgehead atoms. The van der Waals surface area contributed by atoms with Crippen LogP contribution >= 0.6 is 7.82 Å². The normalized spacial score (nSPS) is 14.0. The van der Waals surface area contributed by atoms with Gasteiger partial charge in [-0.1, -0.05) is 177 Å². The summed E-state index contributed by atoms with van der Waals surface area (Å²) in [6, 6.07) is 0. The summed E-state index contributed by atoms with van der Waals surface area (Å²) >= 11 is 0. The van der Waals surface area contributed by atoms with E-state index in [4.69, 9.17) is 18.5 Å². The van der Waals surface area contributed by atoms with Crippen LogP contribution in [0, 0.1) is 0 Å². The molecule has 0 aromatic carbocycles. The molecule has 0 heterocycles. The summed E-state index contributed by atoms with van der Waals surface area (Å²) in [6.07, 6.45) is 51.2. The van der Waals surface area contributed by atoms with Crippen molar-refractivity contribution in [1.82, 2.24) is 0 Å². The van der Waals surface area contributed by atoms with Gasteiger partial charge in [0.15, 0.2) is 6.10 Å². The number of carbonyl (C=O) groups excluding carboxylic acids is 2. The highest BCUT2D eigenvalue weighted by Gasteiger charge is 2.21. The Hall–Kier alpha value is -2.29. The Balaban J connectivity index is 4.27. The molecule has 0 saturated heterocycles. The average Bonchev–Trinajstić information content (AvgIpc) is 3.20. The van der Waals surface area contributed by atoms with Crippen LogP contribution < -0.4 is 4.89 Å². The van der Waals surface area contributed by atoms with Gasteiger partial charge in [0.1, 0.15) is 19.8 Å². The van der Waals surface area contributed by atoms with Crippen molar-refractivity contribution < 1.29 is 42.1 Å². The van der Waals surface area contributed by atoms with Gasteiger partial charge in [0.2, 0.25) is 0 Å². The van der Waals surface area contributed by atoms with Crippen molar-refractivity contribution in [3.05, 3.63) is 60.8 Å². The Labute approximate surface area is 368 Å². The Morgan fingerprint density at radius 2 is 1.02 bits per heavy atom. The molecule has 2 atom stereocenters. The van der Waals surface area contributed by atoms with Gasteiger partial charge in [0.25, 0.3) is 7.82 Å². The van der Waals surface area contributed by atoms with E-state index in [-0.39, 0.29) is 26.1 Å². The van der Waals surface area contributed by atoms with Crippen LogP contribution in [0.2, 0.25) is 0 Å². The molecule has 0 saturated carbocycles. The molecule has 9 nitrogen and oxygen atoms in total. The van der Waals surface area contributed by atoms with Crippen molar-refractivity contribution in [2.24, 2.45) is 0 Å². The van der Waals surface area contributed by atoms with Crippen molar-refractivity contribution in [3.8, 4) is 0 Å². The van der Waals surface area contributed by atoms with Gasteiger partial charge in [0.05, 0.1) is 27.7 Å². The number of phosphoric acid groups is 1. The third-order valence-corrected chi connectivity index (χ3v) is 11.0. The maximum absolute atomic E-state index is 12.7. The zero-order chi connectivity index (χ0) is 44.3. The van der Waals surface area contributed by atoms with Gasteiger partial charge in [-0.05, 0) is 64.2 Å². The number of carbonyl (C=O) groups is 2. The van der Waals surface area contributed by atoms with E-state index in [1.165, 1.54) is 83.5 Å². The fourth-order valence-electron chi connectivity index (χ4n) is 6.33. The van der Waals surface area contributed by atoms with E-state index >= 15 is 0 Å². The molecule has 0 aliphatic rings. The second kappa shape index (κ2) is 42.0. The third-order valence-electron chi connectivity index (χ3n) is 10.1. The molecule has 60 heavy (non-hydrogen) atoms. The predicted octanol–water partition coefficient (Wildman–Crippen LogP) is 13.4. The van der Waals surface area contributed by atoms with Crippen LogP contribution in [0.1, 0.15) is 194 Å². The van der Waals surface area contributed by atoms with Gasteiger partial charge in [-0.15, -0.1) is 0 Å². The first-order chi connectivity index (χ1) is 29.0. The van der Waals surface area contributed by atoms with Crippen molar-refractivity contribution in [2.75, 3.05) is 47.5 Å². The Bertz CT molecular complexity index is 1210. The number of quaternary nitrogens is 1. The fourth-order valence-corrected chi connectivity index (χ4v) is 7.06. The number of hydrogen-bond acceptors (Lipinski definition) is 8. The summed E-state index contributed by atoms with van der Waals surface area (Å²) in [5.41, 5.74) is 0. The number of unbranched alkanes of at least 4 members (excludes halogenated alkanes) is 21. The lowest BCUT2D eigenvalue weighted by Crippen LogP contribution is -2.37. The van der Waals surface area contributed by atoms with Crippen LogP contribution in [0.15, 0.2) is 60.8 Å². The maximum Gasteiger partial charge on any atom is 0.306 e. The molecule has 0 radical (unpaired) electrons. The number of esters is 2. The summed E-state index contributed by atoms with van der Waals surface area (Å²) in [7, 11) is 1.14. The minimum Gasteiger partial charge on any atom is -0.756 e. The standard InChI is InChI=1S/C50H90NO8P/c1-6-8-10-12-14-16-18-20-21-22-23-24-25-26-27-28-29-31-32-34-36-38-40-42-49(52)56-46-48(47-58-60(54,55)57-45-44-51(3,4)5)59-50(53)43-41-39-37-35-33-30-19-17-15-13-11-9-7-2/h9,11,13,15,17,19,23-24,26-27,48H,6-8,10,12,14,16,18,20-22,25,28-47H2,1-5H3/b11-9+,15-13+,19-17+,24-23+,27-26+. The van der Waals surface area contributed by atoms with Crippen molar-refractivity contribution in [1.29, 1.82) is 0 Å². The van der Waals surface area contributed by atoms with Crippen LogP contribution in [0.4, 0.5) is 0 Å². The highest BCUT2D eigenvalue weighted by Crippen LogP contribution is 2.38. The molecule has 0 aliphatic carbocycles. The third kappa shape index (κ3) is 45.2. The van der Waals surface area contributed by atoms with E-state index in [1.54, 1.807) is 0 Å².